The molecule has 0 bridgehead atoms. The smallest absolute Gasteiger partial charge is 0.292 e. The number of hydrogen-bond acceptors (Lipinski definition) is 4. The number of thiocarbonyl (C=S) groups is 2. The minimum absolute atomic E-state index is 0.0801. The van der Waals surface area contributed by atoms with Crippen molar-refractivity contribution in [2.24, 2.45) is 0 Å². The molecule has 0 heterocycles. The lowest BCUT2D eigenvalue weighted by atomic mass is 10.3. The molecule has 0 amide bonds. The lowest BCUT2D eigenvalue weighted by Crippen LogP contribution is -2.45. The van der Waals surface area contributed by atoms with Crippen molar-refractivity contribution >= 4 is 63.3 Å². The van der Waals surface area contributed by atoms with E-state index in [1.54, 1.807) is 42.5 Å². The minimum atomic E-state index is -0.495. The number of benzene rings is 2. The van der Waals surface area contributed by atoms with Crippen LogP contribution in [0, 0.1) is 10.1 Å². The fourth-order valence-corrected chi connectivity index (χ4v) is 2.16. The van der Waals surface area contributed by atoms with E-state index in [2.05, 4.69) is 21.5 Å². The topological polar surface area (TPSA) is 91.3 Å². The van der Waals surface area contributed by atoms with E-state index in [0.717, 1.165) is 5.69 Å². The molecule has 0 unspecified atom stereocenters. The maximum absolute atomic E-state index is 10.9. The number of hydrogen-bond donors (Lipinski definition) is 4. The maximum atomic E-state index is 10.9. The Morgan fingerprint density at radius 2 is 1.54 bits per heavy atom. The van der Waals surface area contributed by atoms with Gasteiger partial charge in [0, 0.05) is 16.8 Å². The fraction of sp³-hybridized carbons (Fsp3) is 0. The Labute approximate surface area is 153 Å². The fourth-order valence-electron chi connectivity index (χ4n) is 1.70. The number of hydrazine groups is 1. The lowest BCUT2D eigenvalue weighted by molar-refractivity contribution is -0.383. The van der Waals surface area contributed by atoms with Crippen LogP contribution in [0.3, 0.4) is 0 Å². The molecule has 124 valence electrons. The van der Waals surface area contributed by atoms with E-state index in [0.29, 0.717) is 5.02 Å². The molecule has 0 aliphatic heterocycles. The van der Waals surface area contributed by atoms with Crippen LogP contribution in [-0.2, 0) is 0 Å². The van der Waals surface area contributed by atoms with Crippen molar-refractivity contribution in [3.63, 3.8) is 0 Å². The second-order valence-corrected chi connectivity index (χ2v) is 5.69. The van der Waals surface area contributed by atoms with E-state index in [1.165, 1.54) is 6.07 Å². The van der Waals surface area contributed by atoms with Crippen LogP contribution in [0.5, 0.6) is 0 Å². The average Bonchev–Trinajstić information content (AvgIpc) is 2.55. The van der Waals surface area contributed by atoms with Crippen LogP contribution < -0.4 is 21.5 Å². The molecule has 0 saturated heterocycles. The Bertz CT molecular complexity index is 770. The predicted molar refractivity (Wildman–Crippen MR) is 103 cm³/mol. The first kappa shape index (κ1) is 17.9. The van der Waals surface area contributed by atoms with Crippen LogP contribution in [0.2, 0.25) is 5.02 Å². The zero-order valence-corrected chi connectivity index (χ0v) is 14.5. The van der Waals surface area contributed by atoms with Gasteiger partial charge in [-0.1, -0.05) is 23.7 Å². The van der Waals surface area contributed by atoms with Gasteiger partial charge in [0.15, 0.2) is 10.2 Å². The molecule has 0 aromatic heterocycles. The van der Waals surface area contributed by atoms with E-state index in [4.69, 9.17) is 36.0 Å². The van der Waals surface area contributed by atoms with Crippen molar-refractivity contribution in [2.45, 2.75) is 0 Å². The van der Waals surface area contributed by atoms with E-state index >= 15 is 0 Å². The maximum Gasteiger partial charge on any atom is 0.292 e. The highest BCUT2D eigenvalue weighted by atomic mass is 35.5. The molecule has 2 aromatic carbocycles. The Balaban J connectivity index is 1.86. The molecule has 0 atom stereocenters. The molecule has 0 spiro atoms. The second-order valence-electron chi connectivity index (χ2n) is 4.44. The monoisotopic (exact) mass is 381 g/mol. The summed E-state index contributed by atoms with van der Waals surface area (Å²) in [5, 5.41) is 17.6. The summed E-state index contributed by atoms with van der Waals surface area (Å²) in [6.07, 6.45) is 0. The van der Waals surface area contributed by atoms with Crippen LogP contribution in [0.1, 0.15) is 0 Å². The quantitative estimate of drug-likeness (QED) is 0.365. The van der Waals surface area contributed by atoms with Crippen molar-refractivity contribution in [2.75, 3.05) is 10.6 Å². The van der Waals surface area contributed by atoms with E-state index < -0.39 is 4.92 Å². The van der Waals surface area contributed by atoms with Gasteiger partial charge in [-0.15, -0.1) is 0 Å². The van der Waals surface area contributed by atoms with Crippen LogP contribution in [0.15, 0.2) is 48.5 Å². The number of rotatable bonds is 3. The molecule has 4 N–H and O–H groups in total. The van der Waals surface area contributed by atoms with E-state index in [-0.39, 0.29) is 21.6 Å². The molecule has 2 aromatic rings. The van der Waals surface area contributed by atoms with Gasteiger partial charge in [0.05, 0.1) is 4.92 Å². The standard InChI is InChI=1S/C14H12ClN5O2S2/c15-9-5-7-10(8-6-9)16-13(23)18-19-14(24)17-11-3-1-2-4-12(11)20(21)22/h1-8H,(H2,16,18,23)(H2,17,19,24). The molecule has 7 nitrogen and oxygen atoms in total. The second kappa shape index (κ2) is 8.39. The number of para-hydroxylation sites is 2. The van der Waals surface area contributed by atoms with Gasteiger partial charge in [0.25, 0.3) is 5.69 Å². The Hall–Kier alpha value is -2.49. The first-order valence-electron chi connectivity index (χ1n) is 6.58. The summed E-state index contributed by atoms with van der Waals surface area (Å²) < 4.78 is 0. The van der Waals surface area contributed by atoms with Gasteiger partial charge in [-0.3, -0.25) is 21.0 Å². The zero-order chi connectivity index (χ0) is 17.5. The van der Waals surface area contributed by atoms with Crippen molar-refractivity contribution in [3.05, 3.63) is 63.7 Å². The van der Waals surface area contributed by atoms with Gasteiger partial charge in [0.2, 0.25) is 0 Å². The molecular formula is C14H12ClN5O2S2. The van der Waals surface area contributed by atoms with Crippen LogP contribution in [-0.4, -0.2) is 15.1 Å². The number of nitro benzene ring substituents is 1. The number of nitro groups is 1. The van der Waals surface area contributed by atoms with Crippen molar-refractivity contribution in [1.82, 2.24) is 10.9 Å². The third-order valence-electron chi connectivity index (χ3n) is 2.74. The number of halogens is 1. The van der Waals surface area contributed by atoms with E-state index in [1.807, 2.05) is 0 Å². The first-order valence-corrected chi connectivity index (χ1v) is 7.78. The van der Waals surface area contributed by atoms with Crippen LogP contribution in [0.4, 0.5) is 17.1 Å². The Morgan fingerprint density at radius 1 is 0.958 bits per heavy atom. The molecule has 0 aliphatic carbocycles. The van der Waals surface area contributed by atoms with Crippen LogP contribution in [0.25, 0.3) is 0 Å². The Kier molecular flexibility index (Phi) is 6.24. The van der Waals surface area contributed by atoms with Crippen LogP contribution >= 0.6 is 36.0 Å². The minimum Gasteiger partial charge on any atom is -0.331 e. The molecule has 0 aliphatic rings. The molecule has 10 heteroatoms. The summed E-state index contributed by atoms with van der Waals surface area (Å²) in [6.45, 7) is 0. The molecule has 24 heavy (non-hydrogen) atoms. The van der Waals surface area contributed by atoms with Gasteiger partial charge < -0.3 is 10.6 Å². The summed E-state index contributed by atoms with van der Waals surface area (Å²) in [6, 6.07) is 13.1. The van der Waals surface area contributed by atoms with Gasteiger partial charge in [-0.05, 0) is 54.8 Å². The molecule has 0 fully saturated rings. The summed E-state index contributed by atoms with van der Waals surface area (Å²) in [5.74, 6) is 0. The van der Waals surface area contributed by atoms with Gasteiger partial charge in [0.1, 0.15) is 5.69 Å². The van der Waals surface area contributed by atoms with E-state index in [9.17, 15) is 10.1 Å². The zero-order valence-electron chi connectivity index (χ0n) is 12.1. The molecule has 0 radical (unpaired) electrons. The molecule has 0 saturated carbocycles. The summed E-state index contributed by atoms with van der Waals surface area (Å²) in [4.78, 5) is 10.4. The first-order chi connectivity index (χ1) is 11.5. The van der Waals surface area contributed by atoms with Crippen molar-refractivity contribution < 1.29 is 4.92 Å². The normalized spacial score (nSPS) is 9.71. The van der Waals surface area contributed by atoms with Gasteiger partial charge in [-0.25, -0.2) is 0 Å². The molecule has 2 rings (SSSR count). The largest absolute Gasteiger partial charge is 0.331 e. The summed E-state index contributed by atoms with van der Waals surface area (Å²) >= 11 is 16.0. The van der Waals surface area contributed by atoms with Crippen molar-refractivity contribution in [3.8, 4) is 0 Å². The number of nitrogens with one attached hydrogen (secondary N) is 4. The number of anilines is 2. The Morgan fingerprint density at radius 3 is 2.17 bits per heavy atom. The highest BCUT2D eigenvalue weighted by molar-refractivity contribution is 7.81. The SMILES string of the molecule is O=[N+]([O-])c1ccccc1NC(=S)NNC(=S)Nc1ccc(Cl)cc1. The summed E-state index contributed by atoms with van der Waals surface area (Å²) in [7, 11) is 0. The molecular weight excluding hydrogens is 370 g/mol. The summed E-state index contributed by atoms with van der Waals surface area (Å²) in [5.41, 5.74) is 6.27. The third kappa shape index (κ3) is 5.30. The average molecular weight is 382 g/mol. The van der Waals surface area contributed by atoms with Crippen molar-refractivity contribution in [1.29, 1.82) is 0 Å². The predicted octanol–water partition coefficient (Wildman–Crippen LogP) is 3.44. The highest BCUT2D eigenvalue weighted by Crippen LogP contribution is 2.22. The lowest BCUT2D eigenvalue weighted by Gasteiger charge is -2.14. The van der Waals surface area contributed by atoms with Gasteiger partial charge >= 0.3 is 0 Å². The number of nitrogens with zero attached hydrogens (tertiary/aromatic N) is 1. The third-order valence-corrected chi connectivity index (χ3v) is 3.40. The highest BCUT2D eigenvalue weighted by Gasteiger charge is 2.13. The van der Waals surface area contributed by atoms with Gasteiger partial charge in [-0.2, -0.15) is 0 Å².